The van der Waals surface area contributed by atoms with E-state index >= 15 is 8.78 Å². The molecular formula is C23H27F2N5O6S. The van der Waals surface area contributed by atoms with Gasteiger partial charge in [-0.1, -0.05) is 0 Å². The molecule has 0 unspecified atom stereocenters. The van der Waals surface area contributed by atoms with Crippen LogP contribution in [0.15, 0.2) is 28.7 Å². The number of benzene rings is 1. The zero-order valence-electron chi connectivity index (χ0n) is 20.4. The summed E-state index contributed by atoms with van der Waals surface area (Å²) >= 11 is 5.00. The Kier molecular flexibility index (Phi) is 8.19. The van der Waals surface area contributed by atoms with Crippen molar-refractivity contribution >= 4 is 40.6 Å². The molecule has 4 rings (SSSR count). The van der Waals surface area contributed by atoms with E-state index in [-0.39, 0.29) is 30.3 Å². The molecule has 0 bridgehead atoms. The first-order valence-electron chi connectivity index (χ1n) is 11.6. The predicted octanol–water partition coefficient (Wildman–Crippen LogP) is 3.71. The highest BCUT2D eigenvalue weighted by Gasteiger charge is 2.34. The molecule has 0 N–H and O–H groups in total. The predicted molar refractivity (Wildman–Crippen MR) is 133 cm³/mol. The molecule has 14 heteroatoms. The molecule has 200 valence electrons. The first-order valence-corrected chi connectivity index (χ1v) is 12.0. The molecule has 2 aromatic rings. The third-order valence-corrected chi connectivity index (χ3v) is 6.74. The first kappa shape index (κ1) is 26.7. The molecule has 0 saturated carbocycles. The van der Waals surface area contributed by atoms with E-state index in [2.05, 4.69) is 0 Å². The number of nitro groups is 1. The quantitative estimate of drug-likeness (QED) is 0.280. The molecule has 2 saturated heterocycles. The molecule has 1 aromatic carbocycles. The Bertz CT molecular complexity index is 1160. The normalized spacial score (nSPS) is 19.1. The minimum Gasteiger partial charge on any atom is -0.490 e. The lowest BCUT2D eigenvalue weighted by molar-refractivity contribution is -0.402. The standard InChI is InChI=1S/C23H27F2N5O6S/c1-26-7-8-27(9-10-28(26)13-16-3-5-20(35-16)30(32)33)22-18(24)11-15(12-19(22)25)29-14-17(36-23(29)31)4-6-21(37)34-2/h3,5,11-12,17H,4,6-10,13-14H2,1-2H3/t17-/m0/s1. The number of rotatable bonds is 8. The molecule has 2 aliphatic heterocycles. The van der Waals surface area contributed by atoms with Gasteiger partial charge in [-0.3, -0.25) is 15.0 Å². The van der Waals surface area contributed by atoms with Gasteiger partial charge < -0.3 is 18.8 Å². The fraction of sp³-hybridized carbons (Fsp3) is 0.478. The molecule has 0 radical (unpaired) electrons. The second kappa shape index (κ2) is 11.4. The van der Waals surface area contributed by atoms with Crippen molar-refractivity contribution in [3.63, 3.8) is 0 Å². The third-order valence-electron chi connectivity index (χ3n) is 6.37. The van der Waals surface area contributed by atoms with Crippen molar-refractivity contribution in [3.05, 3.63) is 51.8 Å². The number of likely N-dealkylation sites (N-methyl/N-ethyl adjacent to an activating group) is 1. The van der Waals surface area contributed by atoms with Gasteiger partial charge in [-0.15, -0.1) is 0 Å². The summed E-state index contributed by atoms with van der Waals surface area (Å²) in [6.07, 6.45) is -0.267. The van der Waals surface area contributed by atoms with Gasteiger partial charge in [0.1, 0.15) is 22.5 Å². The number of thiocarbonyl (C=S) groups is 1. The molecule has 1 amide bonds. The van der Waals surface area contributed by atoms with Crippen LogP contribution in [-0.4, -0.2) is 79.1 Å². The van der Waals surface area contributed by atoms with Crippen LogP contribution in [0.25, 0.3) is 0 Å². The number of hydrogen-bond acceptors (Lipinski definition) is 10. The zero-order valence-corrected chi connectivity index (χ0v) is 21.2. The van der Waals surface area contributed by atoms with Gasteiger partial charge in [-0.2, -0.15) is 0 Å². The Morgan fingerprint density at radius 2 is 1.92 bits per heavy atom. The number of hydrazine groups is 1. The largest absolute Gasteiger partial charge is 0.490 e. The lowest BCUT2D eigenvalue weighted by Gasteiger charge is -2.28. The lowest BCUT2D eigenvalue weighted by atomic mass is 10.2. The number of ether oxygens (including phenoxy) is 2. The number of nitrogens with zero attached hydrogens (tertiary/aromatic N) is 5. The second-order valence-electron chi connectivity index (χ2n) is 8.74. The van der Waals surface area contributed by atoms with Crippen LogP contribution in [0.3, 0.4) is 0 Å². The maximum atomic E-state index is 15.2. The van der Waals surface area contributed by atoms with Crippen molar-refractivity contribution in [2.45, 2.75) is 25.5 Å². The molecule has 0 aliphatic carbocycles. The Labute approximate surface area is 217 Å². The monoisotopic (exact) mass is 539 g/mol. The number of furan rings is 1. The molecule has 1 atom stereocenters. The van der Waals surface area contributed by atoms with Crippen LogP contribution in [0, 0.1) is 21.7 Å². The lowest BCUT2D eigenvalue weighted by Crippen LogP contribution is -2.40. The van der Waals surface area contributed by atoms with E-state index in [0.717, 1.165) is 12.1 Å². The molecule has 3 heterocycles. The molecule has 0 spiro atoms. The van der Waals surface area contributed by atoms with E-state index in [0.29, 0.717) is 49.8 Å². The highest BCUT2D eigenvalue weighted by atomic mass is 32.1. The van der Waals surface area contributed by atoms with Gasteiger partial charge in [0, 0.05) is 51.8 Å². The molecule has 2 fully saturated rings. The molecule has 37 heavy (non-hydrogen) atoms. The van der Waals surface area contributed by atoms with E-state index < -0.39 is 28.8 Å². The first-order chi connectivity index (χ1) is 17.7. The summed E-state index contributed by atoms with van der Waals surface area (Å²) in [5.41, 5.74) is -0.101. The fourth-order valence-corrected chi connectivity index (χ4v) is 4.47. The molecule has 11 nitrogen and oxygen atoms in total. The van der Waals surface area contributed by atoms with Crippen LogP contribution in [-0.2, 0) is 16.0 Å². The van der Waals surface area contributed by atoms with Gasteiger partial charge in [0.05, 0.1) is 32.0 Å². The van der Waals surface area contributed by atoms with Crippen molar-refractivity contribution in [1.29, 1.82) is 0 Å². The van der Waals surface area contributed by atoms with E-state index in [1.54, 1.807) is 4.90 Å². The van der Waals surface area contributed by atoms with Crippen LogP contribution >= 0.6 is 12.2 Å². The minimum atomic E-state index is -0.787. The second-order valence-corrected chi connectivity index (χ2v) is 9.20. The number of methoxy groups -OCH3 is 1. The van der Waals surface area contributed by atoms with Crippen LogP contribution in [0.5, 0.6) is 0 Å². The Hall–Kier alpha value is -3.36. The summed E-state index contributed by atoms with van der Waals surface area (Å²) in [7, 11) is 3.29. The highest BCUT2D eigenvalue weighted by Crippen LogP contribution is 2.32. The van der Waals surface area contributed by atoms with Crippen molar-refractivity contribution in [1.82, 2.24) is 10.0 Å². The van der Waals surface area contributed by atoms with Gasteiger partial charge in [0.25, 0.3) is 0 Å². The van der Waals surface area contributed by atoms with Gasteiger partial charge in [0.2, 0.25) is 0 Å². The number of halogens is 2. The number of amides is 1. The summed E-state index contributed by atoms with van der Waals surface area (Å²) in [5.74, 6) is -1.51. The topological polar surface area (TPSA) is 105 Å². The van der Waals surface area contributed by atoms with E-state index in [1.165, 1.54) is 24.1 Å². The molecule has 1 aromatic heterocycles. The van der Waals surface area contributed by atoms with Gasteiger partial charge >= 0.3 is 12.0 Å². The number of carbonyl (C=O) groups is 1. The van der Waals surface area contributed by atoms with E-state index in [9.17, 15) is 14.9 Å². The average Bonchev–Trinajstić information content (AvgIpc) is 3.44. The van der Waals surface area contributed by atoms with Crippen LogP contribution < -0.4 is 9.80 Å². The maximum absolute atomic E-state index is 15.2. The van der Waals surface area contributed by atoms with Crippen LogP contribution in [0.4, 0.5) is 30.8 Å². The summed E-state index contributed by atoms with van der Waals surface area (Å²) in [6.45, 7) is 1.91. The molecule has 2 aliphatic rings. The third kappa shape index (κ3) is 6.14. The number of hydrogen-bond donors (Lipinski definition) is 0. The van der Waals surface area contributed by atoms with Crippen molar-refractivity contribution < 1.29 is 32.4 Å². The number of cyclic esters (lactones) is 1. The zero-order chi connectivity index (χ0) is 26.7. The van der Waals surface area contributed by atoms with Gasteiger partial charge in [-0.05, 0) is 24.7 Å². The SMILES string of the molecule is COC(=S)CC[C@H]1CN(c2cc(F)c(N3CCN(C)N(Cc4ccc([N+](=O)[O-])o4)CC3)c(F)c2)C(=O)O1. The maximum Gasteiger partial charge on any atom is 0.433 e. The molecular weight excluding hydrogens is 512 g/mol. The minimum absolute atomic E-state index is 0.0774. The van der Waals surface area contributed by atoms with Crippen molar-refractivity contribution in [2.24, 2.45) is 0 Å². The summed E-state index contributed by atoms with van der Waals surface area (Å²) in [6, 6.07) is 5.09. The number of anilines is 2. The van der Waals surface area contributed by atoms with Crippen LogP contribution in [0.2, 0.25) is 0 Å². The summed E-state index contributed by atoms with van der Waals surface area (Å²) < 4.78 is 46.0. The van der Waals surface area contributed by atoms with Crippen LogP contribution in [0.1, 0.15) is 18.6 Å². The Balaban J connectivity index is 1.43. The Morgan fingerprint density at radius 1 is 1.22 bits per heavy atom. The summed E-state index contributed by atoms with van der Waals surface area (Å²) in [5, 5.41) is 15.0. The van der Waals surface area contributed by atoms with Gasteiger partial charge in [-0.25, -0.2) is 23.6 Å². The van der Waals surface area contributed by atoms with Crippen molar-refractivity contribution in [3.8, 4) is 0 Å². The van der Waals surface area contributed by atoms with Crippen molar-refractivity contribution in [2.75, 3.05) is 56.7 Å². The smallest absolute Gasteiger partial charge is 0.433 e. The fourth-order valence-electron chi connectivity index (χ4n) is 4.35. The number of carbonyl (C=O) groups excluding carboxylic acids is 1. The van der Waals surface area contributed by atoms with E-state index in [1.807, 2.05) is 17.1 Å². The van der Waals surface area contributed by atoms with Gasteiger partial charge in [0.15, 0.2) is 16.7 Å². The average molecular weight is 540 g/mol. The van der Waals surface area contributed by atoms with E-state index in [4.69, 9.17) is 26.1 Å². The highest BCUT2D eigenvalue weighted by molar-refractivity contribution is 7.80. The Morgan fingerprint density at radius 3 is 2.57 bits per heavy atom. The summed E-state index contributed by atoms with van der Waals surface area (Å²) in [4.78, 5) is 25.4.